The molecule has 1 aromatic carbocycles. The number of rotatable bonds is 5. The number of hydrogen-bond acceptors (Lipinski definition) is 3. The van der Waals surface area contributed by atoms with Crippen molar-refractivity contribution in [3.05, 3.63) is 59.2 Å². The lowest BCUT2D eigenvalue weighted by atomic mass is 10.0. The number of aromatic nitrogens is 1. The van der Waals surface area contributed by atoms with E-state index in [0.29, 0.717) is 24.5 Å². The van der Waals surface area contributed by atoms with Crippen LogP contribution >= 0.6 is 0 Å². The molecule has 2 rings (SSSR count). The number of halogens is 3. The minimum absolute atomic E-state index is 0.160. The molecule has 0 aliphatic carbocycles. The van der Waals surface area contributed by atoms with Crippen molar-refractivity contribution in [2.75, 3.05) is 6.61 Å². The Bertz CT molecular complexity index is 611. The van der Waals surface area contributed by atoms with Gasteiger partial charge in [-0.05, 0) is 12.5 Å². The summed E-state index contributed by atoms with van der Waals surface area (Å²) in [5.74, 6) is -2.96. The third-order valence-electron chi connectivity index (χ3n) is 2.84. The SMILES string of the molecule is CCCOc1cncc(C(O)c2c(F)cc(F)cc2F)c1. The van der Waals surface area contributed by atoms with Crippen LogP contribution in [0.25, 0.3) is 0 Å². The molecule has 1 unspecified atom stereocenters. The lowest BCUT2D eigenvalue weighted by Crippen LogP contribution is -2.07. The van der Waals surface area contributed by atoms with Crippen molar-refractivity contribution in [1.29, 1.82) is 0 Å². The summed E-state index contributed by atoms with van der Waals surface area (Å²) in [7, 11) is 0. The fraction of sp³-hybridized carbons (Fsp3) is 0.267. The molecule has 112 valence electrons. The lowest BCUT2D eigenvalue weighted by molar-refractivity contribution is 0.207. The summed E-state index contributed by atoms with van der Waals surface area (Å²) in [5, 5.41) is 10.1. The van der Waals surface area contributed by atoms with Crippen molar-refractivity contribution in [2.24, 2.45) is 0 Å². The Labute approximate surface area is 120 Å². The zero-order valence-electron chi connectivity index (χ0n) is 11.3. The summed E-state index contributed by atoms with van der Waals surface area (Å²) in [4.78, 5) is 3.86. The Morgan fingerprint density at radius 3 is 2.43 bits per heavy atom. The summed E-state index contributed by atoms with van der Waals surface area (Å²) >= 11 is 0. The first-order valence-corrected chi connectivity index (χ1v) is 6.43. The molecule has 3 nitrogen and oxygen atoms in total. The number of aliphatic hydroxyl groups excluding tert-OH is 1. The van der Waals surface area contributed by atoms with Gasteiger partial charge in [0, 0.05) is 23.9 Å². The predicted octanol–water partition coefficient (Wildman–Crippen LogP) is 3.37. The van der Waals surface area contributed by atoms with Gasteiger partial charge in [0.1, 0.15) is 29.3 Å². The number of pyridine rings is 1. The Morgan fingerprint density at radius 1 is 1.14 bits per heavy atom. The molecule has 0 saturated carbocycles. The van der Waals surface area contributed by atoms with Crippen molar-refractivity contribution < 1.29 is 23.0 Å². The minimum atomic E-state index is -1.59. The number of aliphatic hydroxyl groups is 1. The average molecular weight is 297 g/mol. The van der Waals surface area contributed by atoms with Gasteiger partial charge in [-0.3, -0.25) is 4.98 Å². The van der Waals surface area contributed by atoms with Crippen molar-refractivity contribution >= 4 is 0 Å². The Morgan fingerprint density at radius 2 is 1.81 bits per heavy atom. The van der Waals surface area contributed by atoms with Crippen LogP contribution in [0.3, 0.4) is 0 Å². The Hall–Kier alpha value is -2.08. The molecule has 2 aromatic rings. The maximum absolute atomic E-state index is 13.7. The van der Waals surface area contributed by atoms with E-state index >= 15 is 0 Å². The van der Waals surface area contributed by atoms with Gasteiger partial charge in [-0.15, -0.1) is 0 Å². The topological polar surface area (TPSA) is 42.4 Å². The zero-order valence-corrected chi connectivity index (χ0v) is 11.3. The van der Waals surface area contributed by atoms with Crippen LogP contribution in [0.2, 0.25) is 0 Å². The van der Waals surface area contributed by atoms with Crippen molar-refractivity contribution in [2.45, 2.75) is 19.4 Å². The minimum Gasteiger partial charge on any atom is -0.492 e. The summed E-state index contributed by atoms with van der Waals surface area (Å²) in [5.41, 5.74) is -0.459. The molecule has 0 aliphatic heterocycles. The lowest BCUT2D eigenvalue weighted by Gasteiger charge is -2.14. The molecule has 21 heavy (non-hydrogen) atoms. The quantitative estimate of drug-likeness (QED) is 0.920. The summed E-state index contributed by atoms with van der Waals surface area (Å²) in [6.07, 6.45) is 1.89. The van der Waals surface area contributed by atoms with Crippen molar-refractivity contribution in [1.82, 2.24) is 4.98 Å². The Balaban J connectivity index is 2.34. The van der Waals surface area contributed by atoms with E-state index in [1.165, 1.54) is 18.5 Å². The molecular weight excluding hydrogens is 283 g/mol. The monoisotopic (exact) mass is 297 g/mol. The molecule has 0 spiro atoms. The molecule has 0 aliphatic rings. The smallest absolute Gasteiger partial charge is 0.137 e. The van der Waals surface area contributed by atoms with Gasteiger partial charge in [-0.1, -0.05) is 6.92 Å². The van der Waals surface area contributed by atoms with Gasteiger partial charge in [0.25, 0.3) is 0 Å². The maximum atomic E-state index is 13.7. The second kappa shape index (κ2) is 6.58. The second-order valence-corrected chi connectivity index (χ2v) is 4.49. The third-order valence-corrected chi connectivity index (χ3v) is 2.84. The second-order valence-electron chi connectivity index (χ2n) is 4.49. The first-order valence-electron chi connectivity index (χ1n) is 6.43. The predicted molar refractivity (Wildman–Crippen MR) is 70.4 cm³/mol. The van der Waals surface area contributed by atoms with Crippen molar-refractivity contribution in [3.63, 3.8) is 0 Å². The highest BCUT2D eigenvalue weighted by molar-refractivity contribution is 5.34. The standard InChI is InChI=1S/C15H14F3NO2/c1-2-3-21-11-4-9(7-19-8-11)15(20)14-12(17)5-10(16)6-13(14)18/h4-8,15,20H,2-3H2,1H3. The fourth-order valence-corrected chi connectivity index (χ4v) is 1.87. The molecule has 0 radical (unpaired) electrons. The molecule has 0 amide bonds. The van der Waals surface area contributed by atoms with Crippen LogP contribution in [0.5, 0.6) is 5.75 Å². The summed E-state index contributed by atoms with van der Waals surface area (Å²) in [6, 6.07) is 2.48. The molecule has 6 heteroatoms. The zero-order chi connectivity index (χ0) is 15.4. The van der Waals surface area contributed by atoms with Crippen LogP contribution in [-0.4, -0.2) is 16.7 Å². The van der Waals surface area contributed by atoms with Gasteiger partial charge in [0.15, 0.2) is 0 Å². The number of nitrogens with zero attached hydrogens (tertiary/aromatic N) is 1. The van der Waals surface area contributed by atoms with E-state index in [1.807, 2.05) is 6.92 Å². The third kappa shape index (κ3) is 3.52. The van der Waals surface area contributed by atoms with Crippen LogP contribution in [0.15, 0.2) is 30.6 Å². The first-order chi connectivity index (χ1) is 10.0. The normalized spacial score (nSPS) is 12.2. The summed E-state index contributed by atoms with van der Waals surface area (Å²) in [6.45, 7) is 2.38. The molecule has 1 N–H and O–H groups in total. The van der Waals surface area contributed by atoms with Gasteiger partial charge in [-0.25, -0.2) is 13.2 Å². The fourth-order valence-electron chi connectivity index (χ4n) is 1.87. The molecular formula is C15H14F3NO2. The van der Waals surface area contributed by atoms with Gasteiger partial charge in [0.2, 0.25) is 0 Å². The van der Waals surface area contributed by atoms with Crippen LogP contribution < -0.4 is 4.74 Å². The van der Waals surface area contributed by atoms with Gasteiger partial charge in [-0.2, -0.15) is 0 Å². The number of hydrogen-bond donors (Lipinski definition) is 1. The maximum Gasteiger partial charge on any atom is 0.137 e. The Kier molecular flexibility index (Phi) is 4.80. The van der Waals surface area contributed by atoms with Crippen LogP contribution in [0.4, 0.5) is 13.2 Å². The molecule has 1 atom stereocenters. The van der Waals surface area contributed by atoms with E-state index in [2.05, 4.69) is 4.98 Å². The molecule has 0 saturated heterocycles. The van der Waals surface area contributed by atoms with E-state index in [9.17, 15) is 18.3 Å². The van der Waals surface area contributed by atoms with E-state index in [4.69, 9.17) is 4.74 Å². The highest BCUT2D eigenvalue weighted by Gasteiger charge is 2.21. The average Bonchev–Trinajstić information content (AvgIpc) is 2.44. The highest BCUT2D eigenvalue weighted by atomic mass is 19.1. The molecule has 0 bridgehead atoms. The highest BCUT2D eigenvalue weighted by Crippen LogP contribution is 2.28. The largest absolute Gasteiger partial charge is 0.492 e. The van der Waals surface area contributed by atoms with Crippen LogP contribution in [0.1, 0.15) is 30.6 Å². The molecule has 1 aromatic heterocycles. The van der Waals surface area contributed by atoms with E-state index < -0.39 is 29.1 Å². The van der Waals surface area contributed by atoms with E-state index in [-0.39, 0.29) is 5.56 Å². The van der Waals surface area contributed by atoms with Crippen LogP contribution in [-0.2, 0) is 0 Å². The van der Waals surface area contributed by atoms with Crippen molar-refractivity contribution in [3.8, 4) is 5.75 Å². The molecule has 1 heterocycles. The van der Waals surface area contributed by atoms with E-state index in [1.54, 1.807) is 0 Å². The summed E-state index contributed by atoms with van der Waals surface area (Å²) < 4.78 is 45.5. The number of ether oxygens (including phenoxy) is 1. The van der Waals surface area contributed by atoms with Gasteiger partial charge in [0.05, 0.1) is 18.4 Å². The van der Waals surface area contributed by atoms with Gasteiger partial charge >= 0.3 is 0 Å². The molecule has 0 fully saturated rings. The van der Waals surface area contributed by atoms with E-state index in [0.717, 1.165) is 6.42 Å². The first kappa shape index (κ1) is 15.3. The van der Waals surface area contributed by atoms with Crippen LogP contribution in [0, 0.1) is 17.5 Å². The number of benzene rings is 1. The van der Waals surface area contributed by atoms with Gasteiger partial charge < -0.3 is 9.84 Å².